The van der Waals surface area contributed by atoms with E-state index in [1.165, 1.54) is 4.88 Å². The van der Waals surface area contributed by atoms with Crippen LogP contribution in [0, 0.1) is 0 Å². The maximum atomic E-state index is 12.6. The topological polar surface area (TPSA) is 17.1 Å². The SMILES string of the molecule is CCC1(CC)CC=Cc2c1sc1ccccc1c2=O. The summed E-state index contributed by atoms with van der Waals surface area (Å²) in [5.74, 6) is 0. The summed E-state index contributed by atoms with van der Waals surface area (Å²) in [5, 5.41) is 0.860. The van der Waals surface area contributed by atoms with E-state index in [2.05, 4.69) is 26.0 Å². The molecule has 1 heterocycles. The lowest BCUT2D eigenvalue weighted by Crippen LogP contribution is -2.28. The van der Waals surface area contributed by atoms with Gasteiger partial charge in [-0.25, -0.2) is 0 Å². The number of fused-ring (bicyclic) bond motifs is 2. The Morgan fingerprint density at radius 1 is 1.21 bits per heavy atom. The summed E-state index contributed by atoms with van der Waals surface area (Å²) in [4.78, 5) is 13.9. The summed E-state index contributed by atoms with van der Waals surface area (Å²) in [7, 11) is 0. The van der Waals surface area contributed by atoms with Gasteiger partial charge in [-0.2, -0.15) is 0 Å². The molecule has 0 radical (unpaired) electrons. The largest absolute Gasteiger partial charge is 0.289 e. The van der Waals surface area contributed by atoms with Crippen LogP contribution in [0.1, 0.15) is 43.6 Å². The van der Waals surface area contributed by atoms with Gasteiger partial charge >= 0.3 is 0 Å². The highest BCUT2D eigenvalue weighted by atomic mass is 32.1. The molecule has 1 aromatic carbocycles. The summed E-state index contributed by atoms with van der Waals surface area (Å²) in [5.41, 5.74) is 1.29. The normalized spacial score (nSPS) is 16.5. The van der Waals surface area contributed by atoms with E-state index >= 15 is 0 Å². The molecule has 19 heavy (non-hydrogen) atoms. The minimum Gasteiger partial charge on any atom is -0.289 e. The molecule has 0 atom stereocenters. The van der Waals surface area contributed by atoms with Crippen molar-refractivity contribution in [2.75, 3.05) is 0 Å². The van der Waals surface area contributed by atoms with Crippen molar-refractivity contribution in [1.29, 1.82) is 0 Å². The first-order valence-electron chi connectivity index (χ1n) is 6.94. The van der Waals surface area contributed by atoms with Gasteiger partial charge < -0.3 is 0 Å². The van der Waals surface area contributed by atoms with Crippen LogP contribution in [-0.4, -0.2) is 0 Å². The lowest BCUT2D eigenvalue weighted by Gasteiger charge is -2.34. The second-order valence-electron chi connectivity index (χ2n) is 5.26. The first-order valence-corrected chi connectivity index (χ1v) is 7.76. The number of hydrogen-bond donors (Lipinski definition) is 0. The molecule has 0 N–H and O–H groups in total. The molecule has 0 amide bonds. The zero-order valence-electron chi connectivity index (χ0n) is 11.4. The fourth-order valence-electron chi connectivity index (χ4n) is 3.06. The maximum Gasteiger partial charge on any atom is 0.195 e. The van der Waals surface area contributed by atoms with E-state index in [-0.39, 0.29) is 10.8 Å². The van der Waals surface area contributed by atoms with Crippen LogP contribution < -0.4 is 5.43 Å². The van der Waals surface area contributed by atoms with Crippen LogP contribution >= 0.6 is 11.3 Å². The highest BCUT2D eigenvalue weighted by Gasteiger charge is 2.33. The Bertz CT molecular complexity index is 705. The summed E-state index contributed by atoms with van der Waals surface area (Å²) < 4.78 is 1.12. The Balaban J connectivity index is 2.41. The lowest BCUT2D eigenvalue weighted by molar-refractivity contribution is 0.404. The molecule has 0 saturated heterocycles. The van der Waals surface area contributed by atoms with Gasteiger partial charge in [-0.1, -0.05) is 38.1 Å². The standard InChI is InChI=1S/C17H18OS/c1-3-17(4-2)11-7-9-13-15(18)12-8-5-6-10-14(12)19-16(13)17/h5-10H,3-4,11H2,1-2H3. The Morgan fingerprint density at radius 2 is 1.95 bits per heavy atom. The Morgan fingerprint density at radius 3 is 2.68 bits per heavy atom. The highest BCUT2D eigenvalue weighted by molar-refractivity contribution is 7.18. The molecule has 1 aliphatic carbocycles. The third kappa shape index (κ3) is 1.78. The highest BCUT2D eigenvalue weighted by Crippen LogP contribution is 2.43. The van der Waals surface area contributed by atoms with E-state index in [9.17, 15) is 4.79 Å². The van der Waals surface area contributed by atoms with Gasteiger partial charge in [0.25, 0.3) is 0 Å². The number of hydrogen-bond acceptors (Lipinski definition) is 2. The monoisotopic (exact) mass is 270 g/mol. The second-order valence-corrected chi connectivity index (χ2v) is 6.32. The summed E-state index contributed by atoms with van der Waals surface area (Å²) >= 11 is 1.81. The molecule has 1 aromatic heterocycles. The molecule has 98 valence electrons. The summed E-state index contributed by atoms with van der Waals surface area (Å²) in [6.07, 6.45) is 7.45. The van der Waals surface area contributed by atoms with E-state index in [1.54, 1.807) is 0 Å². The minimum atomic E-state index is 0.165. The van der Waals surface area contributed by atoms with Gasteiger partial charge in [-0.05, 0) is 31.4 Å². The maximum absolute atomic E-state index is 12.6. The zero-order chi connectivity index (χ0) is 13.5. The van der Waals surface area contributed by atoms with Crippen LogP contribution in [0.4, 0.5) is 0 Å². The van der Waals surface area contributed by atoms with E-state index in [1.807, 2.05) is 35.6 Å². The van der Waals surface area contributed by atoms with Crippen LogP contribution in [-0.2, 0) is 5.41 Å². The quantitative estimate of drug-likeness (QED) is 0.770. The van der Waals surface area contributed by atoms with Crippen LogP contribution in [0.15, 0.2) is 35.1 Å². The smallest absolute Gasteiger partial charge is 0.195 e. The van der Waals surface area contributed by atoms with Gasteiger partial charge in [0, 0.05) is 25.9 Å². The predicted molar refractivity (Wildman–Crippen MR) is 84.0 cm³/mol. The average Bonchev–Trinajstić information content (AvgIpc) is 2.47. The van der Waals surface area contributed by atoms with E-state index < -0.39 is 0 Å². The third-order valence-electron chi connectivity index (χ3n) is 4.46. The zero-order valence-corrected chi connectivity index (χ0v) is 12.2. The van der Waals surface area contributed by atoms with Crippen molar-refractivity contribution in [3.05, 3.63) is 51.0 Å². The number of allylic oxidation sites excluding steroid dienone is 1. The van der Waals surface area contributed by atoms with Crippen molar-refractivity contribution in [3.8, 4) is 0 Å². The van der Waals surface area contributed by atoms with Crippen LogP contribution in [0.25, 0.3) is 16.2 Å². The second kappa shape index (κ2) is 4.61. The third-order valence-corrected chi connectivity index (χ3v) is 5.89. The molecular formula is C17H18OS. The molecule has 1 nitrogen and oxygen atoms in total. The molecular weight excluding hydrogens is 252 g/mol. The Kier molecular flexibility index (Phi) is 3.06. The van der Waals surface area contributed by atoms with Gasteiger partial charge in [-0.15, -0.1) is 11.3 Å². The molecule has 0 spiro atoms. The fourth-order valence-corrected chi connectivity index (χ4v) is 4.55. The minimum absolute atomic E-state index is 0.165. The van der Waals surface area contributed by atoms with Gasteiger partial charge in [-0.3, -0.25) is 4.79 Å². The van der Waals surface area contributed by atoms with Crippen LogP contribution in [0.3, 0.4) is 0 Å². The van der Waals surface area contributed by atoms with Crippen LogP contribution in [0.5, 0.6) is 0 Å². The lowest BCUT2D eigenvalue weighted by atomic mass is 9.74. The molecule has 0 aliphatic heterocycles. The van der Waals surface area contributed by atoms with Gasteiger partial charge in [0.15, 0.2) is 5.43 Å². The first kappa shape index (κ1) is 12.6. The van der Waals surface area contributed by atoms with Crippen molar-refractivity contribution in [2.45, 2.75) is 38.5 Å². The number of benzene rings is 1. The van der Waals surface area contributed by atoms with Gasteiger partial charge in [0.1, 0.15) is 0 Å². The molecule has 0 unspecified atom stereocenters. The average molecular weight is 270 g/mol. The Labute approximate surface area is 117 Å². The summed E-state index contributed by atoms with van der Waals surface area (Å²) in [6.45, 7) is 4.47. The van der Waals surface area contributed by atoms with Crippen LogP contribution in [0.2, 0.25) is 0 Å². The predicted octanol–water partition coefficient (Wildman–Crippen LogP) is 4.74. The molecule has 2 heteroatoms. The van der Waals surface area contributed by atoms with E-state index in [0.717, 1.165) is 34.9 Å². The molecule has 0 fully saturated rings. The van der Waals surface area contributed by atoms with Crippen molar-refractivity contribution in [3.63, 3.8) is 0 Å². The van der Waals surface area contributed by atoms with Crippen molar-refractivity contribution in [2.24, 2.45) is 0 Å². The molecule has 3 rings (SSSR count). The van der Waals surface area contributed by atoms with Crippen molar-refractivity contribution < 1.29 is 0 Å². The molecule has 0 bridgehead atoms. The van der Waals surface area contributed by atoms with Gasteiger partial charge in [0.05, 0.1) is 0 Å². The van der Waals surface area contributed by atoms with E-state index in [0.29, 0.717) is 0 Å². The van der Waals surface area contributed by atoms with E-state index in [4.69, 9.17) is 0 Å². The van der Waals surface area contributed by atoms with Crippen molar-refractivity contribution >= 4 is 27.5 Å². The fraction of sp³-hybridized carbons (Fsp3) is 0.353. The Hall–Kier alpha value is -1.41. The first-order chi connectivity index (χ1) is 9.22. The number of rotatable bonds is 2. The molecule has 0 saturated carbocycles. The molecule has 2 aromatic rings. The molecule has 1 aliphatic rings. The van der Waals surface area contributed by atoms with Gasteiger partial charge in [0.2, 0.25) is 0 Å². The van der Waals surface area contributed by atoms with Crippen molar-refractivity contribution in [1.82, 2.24) is 0 Å². The summed E-state index contributed by atoms with van der Waals surface area (Å²) in [6, 6.07) is 7.97.